The van der Waals surface area contributed by atoms with Crippen molar-refractivity contribution in [2.45, 2.75) is 12.8 Å². The molecule has 128 valence electrons. The zero-order valence-corrected chi connectivity index (χ0v) is 14.6. The molecule has 3 rings (SSSR count). The van der Waals surface area contributed by atoms with Gasteiger partial charge in [-0.2, -0.15) is 0 Å². The van der Waals surface area contributed by atoms with Gasteiger partial charge in [0.15, 0.2) is 0 Å². The number of hydrogen-bond donors (Lipinski definition) is 0. The van der Waals surface area contributed by atoms with Gasteiger partial charge in [0.2, 0.25) is 0 Å². The lowest BCUT2D eigenvalue weighted by Gasteiger charge is -2.31. The molecule has 24 heavy (non-hydrogen) atoms. The number of aromatic nitrogens is 1. The Balaban J connectivity index is 1.61. The summed E-state index contributed by atoms with van der Waals surface area (Å²) in [6, 6.07) is 11.5. The molecule has 2 heterocycles. The topological polar surface area (TPSA) is 59.4 Å². The average molecular weight is 346 g/mol. The van der Waals surface area contributed by atoms with Crippen molar-refractivity contribution in [1.29, 1.82) is 0 Å². The van der Waals surface area contributed by atoms with E-state index in [0.717, 1.165) is 18.5 Å². The van der Waals surface area contributed by atoms with E-state index < -0.39 is 9.84 Å². The Hall–Kier alpha value is -2.08. The maximum Gasteiger partial charge on any atom is 0.253 e. The summed E-state index contributed by atoms with van der Waals surface area (Å²) < 4.78 is 24.8. The van der Waals surface area contributed by atoms with Crippen LogP contribution in [0.2, 0.25) is 0 Å². The normalized spacial score (nSPS) is 16.3. The molecule has 0 saturated carbocycles. The van der Waals surface area contributed by atoms with Crippen LogP contribution >= 0.6 is 0 Å². The van der Waals surface area contributed by atoms with Crippen LogP contribution in [-0.4, -0.2) is 48.9 Å². The first-order chi connectivity index (χ1) is 11.4. The Morgan fingerprint density at radius 3 is 2.21 bits per heavy atom. The predicted molar refractivity (Wildman–Crippen MR) is 94.1 cm³/mol. The van der Waals surface area contributed by atoms with E-state index in [9.17, 15) is 13.2 Å². The van der Waals surface area contributed by atoms with Crippen molar-refractivity contribution in [3.63, 3.8) is 0 Å². The molecule has 1 aliphatic heterocycles. The quantitative estimate of drug-likeness (QED) is 0.854. The minimum absolute atomic E-state index is 0.0202. The third-order valence-corrected chi connectivity index (χ3v) is 5.53. The molecule has 0 N–H and O–H groups in total. The number of carbonyl (C=O) groups excluding carboxylic acids is 1. The van der Waals surface area contributed by atoms with Crippen molar-refractivity contribution in [1.82, 2.24) is 9.47 Å². The van der Waals surface area contributed by atoms with Gasteiger partial charge in [-0.3, -0.25) is 4.79 Å². The number of sulfone groups is 1. The summed E-state index contributed by atoms with van der Waals surface area (Å²) in [4.78, 5) is 14.4. The maximum absolute atomic E-state index is 12.6. The summed E-state index contributed by atoms with van der Waals surface area (Å²) in [6.45, 7) is 1.25. The van der Waals surface area contributed by atoms with Crippen LogP contribution in [0.1, 0.15) is 23.2 Å². The van der Waals surface area contributed by atoms with Gasteiger partial charge in [-0.25, -0.2) is 8.42 Å². The summed E-state index contributed by atoms with van der Waals surface area (Å²) in [5.41, 5.74) is 1.69. The summed E-state index contributed by atoms with van der Waals surface area (Å²) in [7, 11) is -2.95. The van der Waals surface area contributed by atoms with Crippen LogP contribution in [-0.2, 0) is 9.84 Å². The van der Waals surface area contributed by atoms with E-state index in [2.05, 4.69) is 0 Å². The van der Waals surface area contributed by atoms with E-state index in [4.69, 9.17) is 0 Å². The summed E-state index contributed by atoms with van der Waals surface area (Å²) in [5, 5.41) is 0. The first-order valence-electron chi connectivity index (χ1n) is 8.13. The minimum atomic E-state index is -2.95. The Morgan fingerprint density at radius 1 is 1.08 bits per heavy atom. The second-order valence-corrected chi connectivity index (χ2v) is 8.65. The molecule has 1 aromatic carbocycles. The molecule has 2 aromatic rings. The van der Waals surface area contributed by atoms with Gasteiger partial charge >= 0.3 is 0 Å². The summed E-state index contributed by atoms with van der Waals surface area (Å²) in [5.74, 6) is 0.410. The molecule has 0 aliphatic carbocycles. The summed E-state index contributed by atoms with van der Waals surface area (Å²) in [6.07, 6.45) is 6.70. The molecule has 0 spiro atoms. The number of hydrogen-bond acceptors (Lipinski definition) is 3. The van der Waals surface area contributed by atoms with Crippen molar-refractivity contribution in [2.75, 3.05) is 25.1 Å². The molecule has 5 nitrogen and oxygen atoms in total. The van der Waals surface area contributed by atoms with Crippen LogP contribution in [0, 0.1) is 5.92 Å². The van der Waals surface area contributed by atoms with Gasteiger partial charge in [0.25, 0.3) is 5.91 Å². The molecule has 1 fully saturated rings. The molecule has 1 amide bonds. The van der Waals surface area contributed by atoms with E-state index in [1.807, 2.05) is 58.3 Å². The SMILES string of the molecule is CS(=O)(=O)CC1CCN(C(=O)c2ccc(-n3cccc3)cc2)CC1. The number of likely N-dealkylation sites (tertiary alicyclic amines) is 1. The standard InChI is InChI=1S/C18H22N2O3S/c1-24(22,23)14-15-8-12-20(13-9-15)18(21)16-4-6-17(7-5-16)19-10-2-3-11-19/h2-7,10-11,15H,8-9,12-14H2,1H3. The number of nitrogens with zero attached hydrogens (tertiary/aromatic N) is 2. The molecule has 1 aliphatic rings. The monoisotopic (exact) mass is 346 g/mol. The largest absolute Gasteiger partial charge is 0.339 e. The van der Waals surface area contributed by atoms with Gasteiger partial charge in [0.05, 0.1) is 5.75 Å². The molecule has 0 bridgehead atoms. The second kappa shape index (κ2) is 6.81. The number of carbonyl (C=O) groups is 1. The fraction of sp³-hybridized carbons (Fsp3) is 0.389. The predicted octanol–water partition coefficient (Wildman–Crippen LogP) is 2.37. The van der Waals surface area contributed by atoms with Crippen molar-refractivity contribution < 1.29 is 13.2 Å². The highest BCUT2D eigenvalue weighted by Crippen LogP contribution is 2.21. The van der Waals surface area contributed by atoms with Crippen LogP contribution in [0.15, 0.2) is 48.8 Å². The zero-order valence-electron chi connectivity index (χ0n) is 13.8. The number of benzene rings is 1. The Labute approximate surface area is 142 Å². The highest BCUT2D eigenvalue weighted by atomic mass is 32.2. The highest BCUT2D eigenvalue weighted by molar-refractivity contribution is 7.90. The van der Waals surface area contributed by atoms with Crippen LogP contribution in [0.4, 0.5) is 0 Å². The number of amides is 1. The number of piperidine rings is 1. The van der Waals surface area contributed by atoms with E-state index in [1.165, 1.54) is 6.26 Å². The molecular weight excluding hydrogens is 324 g/mol. The van der Waals surface area contributed by atoms with Crippen molar-refractivity contribution in [3.05, 3.63) is 54.4 Å². The van der Waals surface area contributed by atoms with Crippen molar-refractivity contribution in [3.8, 4) is 5.69 Å². The number of rotatable bonds is 4. The van der Waals surface area contributed by atoms with E-state index in [1.54, 1.807) is 0 Å². The summed E-state index contributed by atoms with van der Waals surface area (Å²) >= 11 is 0. The van der Waals surface area contributed by atoms with E-state index in [0.29, 0.717) is 18.7 Å². The van der Waals surface area contributed by atoms with Gasteiger partial charge in [0, 0.05) is 43.0 Å². The third kappa shape index (κ3) is 4.06. The Bertz CT molecular complexity index is 787. The lowest BCUT2D eigenvalue weighted by atomic mass is 9.98. The first kappa shape index (κ1) is 16.8. The molecule has 0 radical (unpaired) electrons. The molecule has 0 unspecified atom stereocenters. The fourth-order valence-electron chi connectivity index (χ4n) is 3.20. The van der Waals surface area contributed by atoms with Crippen LogP contribution in [0.5, 0.6) is 0 Å². The van der Waals surface area contributed by atoms with Crippen molar-refractivity contribution >= 4 is 15.7 Å². The van der Waals surface area contributed by atoms with Gasteiger partial charge in [-0.15, -0.1) is 0 Å². The Kier molecular flexibility index (Phi) is 4.76. The maximum atomic E-state index is 12.6. The van der Waals surface area contributed by atoms with Crippen LogP contribution in [0.25, 0.3) is 5.69 Å². The van der Waals surface area contributed by atoms with Gasteiger partial charge < -0.3 is 9.47 Å². The average Bonchev–Trinajstić information content (AvgIpc) is 3.08. The van der Waals surface area contributed by atoms with Gasteiger partial charge in [-0.05, 0) is 55.2 Å². The molecule has 1 saturated heterocycles. The van der Waals surface area contributed by atoms with Crippen LogP contribution in [0.3, 0.4) is 0 Å². The van der Waals surface area contributed by atoms with Gasteiger partial charge in [0.1, 0.15) is 9.84 Å². The fourth-order valence-corrected chi connectivity index (χ4v) is 4.39. The first-order valence-corrected chi connectivity index (χ1v) is 10.2. The zero-order chi connectivity index (χ0) is 17.2. The third-order valence-electron chi connectivity index (χ3n) is 4.46. The van der Waals surface area contributed by atoms with Crippen LogP contribution < -0.4 is 0 Å². The second-order valence-electron chi connectivity index (χ2n) is 6.47. The van der Waals surface area contributed by atoms with Crippen molar-refractivity contribution in [2.24, 2.45) is 5.92 Å². The lowest BCUT2D eigenvalue weighted by Crippen LogP contribution is -2.39. The molecular formula is C18H22N2O3S. The smallest absolute Gasteiger partial charge is 0.253 e. The lowest BCUT2D eigenvalue weighted by molar-refractivity contribution is 0.0698. The van der Waals surface area contributed by atoms with Gasteiger partial charge in [-0.1, -0.05) is 0 Å². The Morgan fingerprint density at radius 2 is 1.67 bits per heavy atom. The highest BCUT2D eigenvalue weighted by Gasteiger charge is 2.25. The molecule has 0 atom stereocenters. The van der Waals surface area contributed by atoms with E-state index in [-0.39, 0.29) is 17.6 Å². The molecule has 1 aromatic heterocycles. The molecule has 6 heteroatoms. The van der Waals surface area contributed by atoms with E-state index >= 15 is 0 Å². The minimum Gasteiger partial charge on any atom is -0.339 e.